The van der Waals surface area contributed by atoms with Crippen LogP contribution in [0.25, 0.3) is 5.76 Å². The molecular formula is C9H5F5O3S. The van der Waals surface area contributed by atoms with E-state index in [-0.39, 0.29) is 11.0 Å². The summed E-state index contributed by atoms with van der Waals surface area (Å²) >= 11 is 0.918. The van der Waals surface area contributed by atoms with Crippen molar-refractivity contribution in [2.75, 3.05) is 0 Å². The average Bonchev–Trinajstić information content (AvgIpc) is 2.65. The molecule has 0 radical (unpaired) electrons. The van der Waals surface area contributed by atoms with Crippen LogP contribution in [0.1, 0.15) is 4.88 Å². The average molecular weight is 288 g/mol. The predicted molar refractivity (Wildman–Crippen MR) is 52.0 cm³/mol. The van der Waals surface area contributed by atoms with Crippen molar-refractivity contribution in [1.82, 2.24) is 0 Å². The number of thiophene rings is 1. The zero-order valence-corrected chi connectivity index (χ0v) is 9.19. The van der Waals surface area contributed by atoms with E-state index in [1.807, 2.05) is 0 Å². The molecule has 0 aromatic carbocycles. The number of alkyl halides is 5. The largest absolute Gasteiger partial charge is 0.527 e. The number of hydrogen-bond acceptors (Lipinski definition) is 4. The molecule has 1 N–H and O–H groups in total. The van der Waals surface area contributed by atoms with Crippen LogP contribution in [-0.4, -0.2) is 23.4 Å². The second-order valence-electron chi connectivity index (χ2n) is 2.94. The van der Waals surface area contributed by atoms with Crippen LogP contribution in [0, 0.1) is 0 Å². The van der Waals surface area contributed by atoms with E-state index < -0.39 is 24.0 Å². The number of halogens is 5. The van der Waals surface area contributed by atoms with Gasteiger partial charge in [0.05, 0.1) is 4.88 Å². The summed E-state index contributed by atoms with van der Waals surface area (Å²) in [6.45, 7) is 0. The van der Waals surface area contributed by atoms with Crippen molar-refractivity contribution < 1.29 is 36.6 Å². The van der Waals surface area contributed by atoms with E-state index in [2.05, 4.69) is 4.74 Å². The molecule has 0 atom stereocenters. The Morgan fingerprint density at radius 1 is 1.33 bits per heavy atom. The lowest BCUT2D eigenvalue weighted by atomic mass is 10.3. The molecule has 3 nitrogen and oxygen atoms in total. The third kappa shape index (κ3) is 4.08. The molecule has 1 aromatic rings. The maximum absolute atomic E-state index is 12.7. The molecule has 0 spiro atoms. The molecule has 9 heteroatoms. The Kier molecular flexibility index (Phi) is 4.07. The highest BCUT2D eigenvalue weighted by molar-refractivity contribution is 7.11. The standard InChI is InChI=1S/C9H5F5O3S/c10-8(11,17-9(12,13)14)7(16)4-5(15)6-2-1-3-18-6/h1-4,15H/b5-4-. The van der Waals surface area contributed by atoms with Crippen molar-refractivity contribution in [2.45, 2.75) is 12.5 Å². The van der Waals surface area contributed by atoms with Crippen LogP contribution in [-0.2, 0) is 9.53 Å². The van der Waals surface area contributed by atoms with Crippen LogP contribution >= 0.6 is 11.3 Å². The minimum atomic E-state index is -5.66. The Morgan fingerprint density at radius 2 is 1.94 bits per heavy atom. The van der Waals surface area contributed by atoms with Gasteiger partial charge in [0.15, 0.2) is 0 Å². The minimum absolute atomic E-state index is 0.0163. The summed E-state index contributed by atoms with van der Waals surface area (Å²) < 4.78 is 62.5. The fraction of sp³-hybridized carbons (Fsp3) is 0.222. The number of aliphatic hydroxyl groups is 1. The summed E-state index contributed by atoms with van der Waals surface area (Å²) in [4.78, 5) is 10.9. The Hall–Kier alpha value is -1.48. The summed E-state index contributed by atoms with van der Waals surface area (Å²) in [5.74, 6) is -3.16. The third-order valence-electron chi connectivity index (χ3n) is 1.57. The van der Waals surface area contributed by atoms with Gasteiger partial charge in [-0.15, -0.1) is 24.5 Å². The molecule has 0 aliphatic rings. The van der Waals surface area contributed by atoms with Gasteiger partial charge in [0.1, 0.15) is 5.76 Å². The summed E-state index contributed by atoms with van der Waals surface area (Å²) in [7, 11) is 0. The van der Waals surface area contributed by atoms with Crippen LogP contribution in [0.15, 0.2) is 23.6 Å². The van der Waals surface area contributed by atoms with Crippen LogP contribution < -0.4 is 0 Å². The first-order valence-electron chi connectivity index (χ1n) is 4.25. The zero-order chi connectivity index (χ0) is 14.0. The lowest BCUT2D eigenvalue weighted by molar-refractivity contribution is -0.408. The van der Waals surface area contributed by atoms with Gasteiger partial charge in [-0.1, -0.05) is 6.07 Å². The van der Waals surface area contributed by atoms with E-state index in [0.717, 1.165) is 11.3 Å². The molecule has 0 unspecified atom stereocenters. The van der Waals surface area contributed by atoms with E-state index in [9.17, 15) is 31.9 Å². The molecule has 1 rings (SSSR count). The van der Waals surface area contributed by atoms with E-state index in [0.29, 0.717) is 0 Å². The van der Waals surface area contributed by atoms with Gasteiger partial charge in [-0.05, 0) is 11.4 Å². The van der Waals surface area contributed by atoms with Gasteiger partial charge in [0.25, 0.3) is 5.78 Å². The van der Waals surface area contributed by atoms with Crippen molar-refractivity contribution in [3.63, 3.8) is 0 Å². The molecule has 0 saturated carbocycles. The lowest BCUT2D eigenvalue weighted by Gasteiger charge is -2.15. The van der Waals surface area contributed by atoms with Gasteiger partial charge in [-0.3, -0.25) is 4.79 Å². The monoisotopic (exact) mass is 288 g/mol. The second kappa shape index (κ2) is 5.02. The molecule has 0 bridgehead atoms. The van der Waals surface area contributed by atoms with Crippen LogP contribution in [0.4, 0.5) is 22.0 Å². The Balaban J connectivity index is 2.85. The Labute approximate surface area is 101 Å². The van der Waals surface area contributed by atoms with Crippen molar-refractivity contribution in [2.24, 2.45) is 0 Å². The topological polar surface area (TPSA) is 46.5 Å². The van der Waals surface area contributed by atoms with Gasteiger partial charge in [0, 0.05) is 6.08 Å². The predicted octanol–water partition coefficient (Wildman–Crippen LogP) is 3.35. The molecular weight excluding hydrogens is 283 g/mol. The third-order valence-corrected chi connectivity index (χ3v) is 2.46. The van der Waals surface area contributed by atoms with Gasteiger partial charge >= 0.3 is 12.5 Å². The zero-order valence-electron chi connectivity index (χ0n) is 8.37. The highest BCUT2D eigenvalue weighted by Gasteiger charge is 2.49. The van der Waals surface area contributed by atoms with Crippen LogP contribution in [0.3, 0.4) is 0 Å². The number of rotatable bonds is 4. The highest BCUT2D eigenvalue weighted by atomic mass is 32.1. The number of ketones is 1. The quantitative estimate of drug-likeness (QED) is 0.525. The van der Waals surface area contributed by atoms with Crippen molar-refractivity contribution in [3.05, 3.63) is 28.5 Å². The molecule has 0 aliphatic heterocycles. The first kappa shape index (κ1) is 14.6. The normalized spacial score (nSPS) is 13.7. The Bertz CT molecular complexity index is 449. The van der Waals surface area contributed by atoms with Gasteiger partial charge in [-0.25, -0.2) is 4.74 Å². The van der Waals surface area contributed by atoms with Crippen molar-refractivity contribution >= 4 is 22.9 Å². The summed E-state index contributed by atoms with van der Waals surface area (Å²) in [5, 5.41) is 10.7. The lowest BCUT2D eigenvalue weighted by Crippen LogP contribution is -2.36. The highest BCUT2D eigenvalue weighted by Crippen LogP contribution is 2.29. The molecule has 0 fully saturated rings. The first-order valence-corrected chi connectivity index (χ1v) is 5.13. The maximum Gasteiger partial charge on any atom is 0.527 e. The van der Waals surface area contributed by atoms with Crippen LogP contribution in [0.2, 0.25) is 0 Å². The Morgan fingerprint density at radius 3 is 2.39 bits per heavy atom. The van der Waals surface area contributed by atoms with Crippen LogP contribution in [0.5, 0.6) is 0 Å². The van der Waals surface area contributed by atoms with Crippen molar-refractivity contribution in [3.8, 4) is 0 Å². The van der Waals surface area contributed by atoms with E-state index in [1.165, 1.54) is 17.5 Å². The molecule has 0 aliphatic carbocycles. The molecule has 1 heterocycles. The van der Waals surface area contributed by atoms with Gasteiger partial charge in [0.2, 0.25) is 0 Å². The number of ether oxygens (including phenoxy) is 1. The summed E-state index contributed by atoms with van der Waals surface area (Å²) in [5.41, 5.74) is 0. The summed E-state index contributed by atoms with van der Waals surface area (Å²) in [6.07, 6.45) is -10.8. The number of hydrogen-bond donors (Lipinski definition) is 1. The van der Waals surface area contributed by atoms with E-state index >= 15 is 0 Å². The molecule has 100 valence electrons. The fourth-order valence-electron chi connectivity index (χ4n) is 0.899. The number of aliphatic hydroxyl groups excluding tert-OH is 1. The van der Waals surface area contributed by atoms with Gasteiger partial charge < -0.3 is 5.11 Å². The molecule has 0 saturated heterocycles. The SMILES string of the molecule is O=C(/C=C(\O)c1cccs1)C(F)(F)OC(F)(F)F. The molecule has 1 aromatic heterocycles. The minimum Gasteiger partial charge on any atom is -0.506 e. The second-order valence-corrected chi connectivity index (χ2v) is 3.88. The maximum atomic E-state index is 12.7. The fourth-order valence-corrected chi connectivity index (χ4v) is 1.54. The van der Waals surface area contributed by atoms with E-state index in [1.54, 1.807) is 0 Å². The smallest absolute Gasteiger partial charge is 0.506 e. The summed E-state index contributed by atoms with van der Waals surface area (Å²) in [6, 6.07) is 2.76. The van der Waals surface area contributed by atoms with E-state index in [4.69, 9.17) is 0 Å². The molecule has 0 amide bonds. The van der Waals surface area contributed by atoms with Gasteiger partial charge in [-0.2, -0.15) is 8.78 Å². The first-order chi connectivity index (χ1) is 8.12. The number of carbonyl (C=O) groups excluding carboxylic acids is 1. The molecule has 18 heavy (non-hydrogen) atoms. The van der Waals surface area contributed by atoms with Crippen molar-refractivity contribution in [1.29, 1.82) is 0 Å². The number of carbonyl (C=O) groups is 1.